The Balaban J connectivity index is 1.81. The van der Waals surface area contributed by atoms with Crippen molar-refractivity contribution in [3.05, 3.63) is 29.3 Å². The molecule has 2 aliphatic rings. The molecule has 0 aliphatic carbocycles. The topological polar surface area (TPSA) is 64.1 Å². The van der Waals surface area contributed by atoms with Crippen molar-refractivity contribution >= 4 is 10.0 Å². The van der Waals surface area contributed by atoms with E-state index in [1.807, 2.05) is 12.1 Å². The third-order valence-corrected chi connectivity index (χ3v) is 10.7. The van der Waals surface area contributed by atoms with Crippen molar-refractivity contribution in [3.63, 3.8) is 0 Å². The quantitative estimate of drug-likeness (QED) is 0.646. The van der Waals surface area contributed by atoms with Crippen LogP contribution in [0.2, 0.25) is 0 Å². The molecule has 33 heavy (non-hydrogen) atoms. The number of phenols is 1. The lowest BCUT2D eigenvalue weighted by atomic mass is 9.66. The Morgan fingerprint density at radius 3 is 2.42 bits per heavy atom. The average molecular weight is 480 g/mol. The van der Waals surface area contributed by atoms with Gasteiger partial charge in [0.2, 0.25) is 10.0 Å². The van der Waals surface area contributed by atoms with Gasteiger partial charge in [0.1, 0.15) is 5.75 Å². The first-order valence-corrected chi connectivity index (χ1v) is 14.1. The molecule has 0 amide bonds. The lowest BCUT2D eigenvalue weighted by molar-refractivity contribution is 0.00987. The average Bonchev–Trinajstić information content (AvgIpc) is 2.77. The minimum atomic E-state index is -3.17. The Kier molecular flexibility index (Phi) is 8.20. The molecular weight excluding hydrogens is 434 g/mol. The maximum absolute atomic E-state index is 12.6. The van der Waals surface area contributed by atoms with Gasteiger partial charge in [-0.05, 0) is 96.3 Å². The molecule has 3 atom stereocenters. The molecule has 0 aromatic heterocycles. The van der Waals surface area contributed by atoms with Gasteiger partial charge in [-0.25, -0.2) is 12.7 Å². The fraction of sp³-hybridized carbons (Fsp3) is 0.769. The fourth-order valence-electron chi connectivity index (χ4n) is 6.25. The van der Waals surface area contributed by atoms with Crippen LogP contribution < -0.4 is 0 Å². The van der Waals surface area contributed by atoms with Gasteiger partial charge in [0.15, 0.2) is 0 Å². The highest BCUT2D eigenvalue weighted by Crippen LogP contribution is 2.43. The highest BCUT2D eigenvalue weighted by atomic mass is 32.2. The number of likely N-dealkylation sites (tertiary alicyclic amines) is 1. The van der Waals surface area contributed by atoms with Crippen LogP contribution >= 0.6 is 0 Å². The van der Waals surface area contributed by atoms with E-state index in [0.29, 0.717) is 36.8 Å². The molecule has 1 N–H and O–H groups in total. The van der Waals surface area contributed by atoms with Crippen molar-refractivity contribution in [3.8, 4) is 5.75 Å². The van der Waals surface area contributed by atoms with Crippen LogP contribution in [0, 0.1) is 5.92 Å². The summed E-state index contributed by atoms with van der Waals surface area (Å²) in [4.78, 5) is 4.98. The lowest BCUT2D eigenvalue weighted by Gasteiger charge is -2.54. The third-order valence-electron chi connectivity index (χ3n) is 8.43. The molecule has 0 bridgehead atoms. The summed E-state index contributed by atoms with van der Waals surface area (Å²) in [7, 11) is 1.29. The summed E-state index contributed by atoms with van der Waals surface area (Å²) >= 11 is 0. The van der Waals surface area contributed by atoms with E-state index in [1.165, 1.54) is 11.1 Å². The number of rotatable bonds is 7. The van der Waals surface area contributed by atoms with Gasteiger partial charge in [-0.2, -0.15) is 0 Å². The largest absolute Gasteiger partial charge is 0.508 e. The zero-order valence-electron chi connectivity index (χ0n) is 21.7. The van der Waals surface area contributed by atoms with E-state index in [-0.39, 0.29) is 10.7 Å². The van der Waals surface area contributed by atoms with Gasteiger partial charge in [0.25, 0.3) is 0 Å². The number of hydrogen-bond acceptors (Lipinski definition) is 5. The summed E-state index contributed by atoms with van der Waals surface area (Å²) in [5.74, 6) is 0.835. The van der Waals surface area contributed by atoms with Crippen LogP contribution in [0.15, 0.2) is 18.2 Å². The van der Waals surface area contributed by atoms with E-state index < -0.39 is 10.0 Å². The number of likely N-dealkylation sites (N-methyl/N-ethyl adjacent to an activating group) is 2. The summed E-state index contributed by atoms with van der Waals surface area (Å²) in [5.41, 5.74) is 2.53. The highest BCUT2D eigenvalue weighted by Gasteiger charge is 2.47. The summed E-state index contributed by atoms with van der Waals surface area (Å²) < 4.78 is 26.8. The number of sulfonamides is 1. The second-order valence-corrected chi connectivity index (χ2v) is 13.4. The highest BCUT2D eigenvalue weighted by molar-refractivity contribution is 7.89. The smallest absolute Gasteiger partial charge is 0.216 e. The predicted octanol–water partition coefficient (Wildman–Crippen LogP) is 3.69. The minimum Gasteiger partial charge on any atom is -0.508 e. The molecule has 1 unspecified atom stereocenters. The number of aryl methyl sites for hydroxylation is 1. The van der Waals surface area contributed by atoms with Crippen LogP contribution in [0.1, 0.15) is 65.0 Å². The molecule has 3 rings (SSSR count). The Morgan fingerprint density at radius 1 is 1.21 bits per heavy atom. The maximum atomic E-state index is 12.6. The van der Waals surface area contributed by atoms with Crippen LogP contribution in [-0.4, -0.2) is 85.2 Å². The normalized spacial score (nSPS) is 28.6. The zero-order chi connectivity index (χ0) is 24.6. The molecule has 0 radical (unpaired) electrons. The minimum absolute atomic E-state index is 0.0631. The van der Waals surface area contributed by atoms with E-state index in [9.17, 15) is 13.5 Å². The summed E-state index contributed by atoms with van der Waals surface area (Å²) in [6.07, 6.45) is 3.82. The molecule has 1 aromatic rings. The Bertz CT molecular complexity index is 911. The Hall–Kier alpha value is -1.15. The zero-order valence-corrected chi connectivity index (χ0v) is 22.5. The molecule has 2 fully saturated rings. The van der Waals surface area contributed by atoms with Crippen molar-refractivity contribution in [2.45, 2.75) is 83.1 Å². The monoisotopic (exact) mass is 479 g/mol. The Morgan fingerprint density at radius 2 is 1.85 bits per heavy atom. The lowest BCUT2D eigenvalue weighted by Crippen LogP contribution is -2.63. The second-order valence-electron chi connectivity index (χ2n) is 10.9. The van der Waals surface area contributed by atoms with E-state index in [0.717, 1.165) is 38.8 Å². The fourth-order valence-corrected chi connectivity index (χ4v) is 7.57. The predicted molar refractivity (Wildman–Crippen MR) is 136 cm³/mol. The van der Waals surface area contributed by atoms with Crippen LogP contribution in [-0.2, 0) is 21.9 Å². The number of nitrogens with zero attached hydrogens (tertiary/aromatic N) is 3. The molecule has 0 saturated carbocycles. The van der Waals surface area contributed by atoms with E-state index >= 15 is 0 Å². The van der Waals surface area contributed by atoms with Gasteiger partial charge in [0.05, 0.1) is 5.25 Å². The van der Waals surface area contributed by atoms with Gasteiger partial charge in [0, 0.05) is 37.1 Å². The molecule has 7 heteroatoms. The van der Waals surface area contributed by atoms with Gasteiger partial charge in [-0.3, -0.25) is 0 Å². The number of piperidine rings is 2. The van der Waals surface area contributed by atoms with Crippen LogP contribution in [0.4, 0.5) is 0 Å². The molecule has 0 spiro atoms. The SMILES string of the molecule is CCc1ccc(O)cc1[C@@]1(C)CCN(C)C(C)[C@@H]1N(C)CC1CCN(S(=O)(=O)C(C)C)CC1. The van der Waals surface area contributed by atoms with Crippen LogP contribution in [0.5, 0.6) is 5.75 Å². The number of hydrogen-bond donors (Lipinski definition) is 1. The standard InChI is InChI=1S/C26H45N3O3S/c1-8-22-9-10-23(30)17-24(22)26(5)13-16-27(6)20(4)25(26)28(7)18-21-11-14-29(15-12-21)33(31,32)19(2)3/h9-10,17,19-21,25,30H,8,11-16,18H2,1-7H3/t20?,25-,26+/m0/s1. The summed E-state index contributed by atoms with van der Waals surface area (Å²) in [5, 5.41) is 9.98. The number of phenolic OH excluding ortho intramolecular Hbond substituents is 1. The third kappa shape index (κ3) is 5.26. The van der Waals surface area contributed by atoms with Gasteiger partial charge >= 0.3 is 0 Å². The molecule has 2 aliphatic heterocycles. The van der Waals surface area contributed by atoms with E-state index in [1.54, 1.807) is 18.2 Å². The first-order valence-electron chi connectivity index (χ1n) is 12.6. The van der Waals surface area contributed by atoms with Gasteiger partial charge < -0.3 is 14.9 Å². The van der Waals surface area contributed by atoms with E-state index in [2.05, 4.69) is 50.7 Å². The van der Waals surface area contributed by atoms with Crippen molar-refractivity contribution in [1.82, 2.24) is 14.1 Å². The molecule has 2 heterocycles. The second kappa shape index (κ2) is 10.2. The number of aromatic hydroxyl groups is 1. The van der Waals surface area contributed by atoms with E-state index in [4.69, 9.17) is 0 Å². The van der Waals surface area contributed by atoms with Gasteiger partial charge in [-0.15, -0.1) is 0 Å². The van der Waals surface area contributed by atoms with Crippen molar-refractivity contribution in [2.75, 3.05) is 40.3 Å². The molecule has 6 nitrogen and oxygen atoms in total. The molecule has 1 aromatic carbocycles. The van der Waals surface area contributed by atoms with Crippen molar-refractivity contribution in [1.29, 1.82) is 0 Å². The Labute approximate surface area is 202 Å². The summed E-state index contributed by atoms with van der Waals surface area (Å²) in [6.45, 7) is 13.7. The summed E-state index contributed by atoms with van der Waals surface area (Å²) in [6, 6.07) is 6.57. The van der Waals surface area contributed by atoms with Crippen LogP contribution in [0.3, 0.4) is 0 Å². The van der Waals surface area contributed by atoms with Crippen LogP contribution in [0.25, 0.3) is 0 Å². The maximum Gasteiger partial charge on any atom is 0.216 e. The molecule has 188 valence electrons. The van der Waals surface area contributed by atoms with Gasteiger partial charge in [-0.1, -0.05) is 19.9 Å². The van der Waals surface area contributed by atoms with Crippen molar-refractivity contribution in [2.24, 2.45) is 5.92 Å². The first kappa shape index (κ1) is 26.5. The van der Waals surface area contributed by atoms with Crippen molar-refractivity contribution < 1.29 is 13.5 Å². The molecule has 2 saturated heterocycles. The first-order chi connectivity index (χ1) is 15.4. The molecular formula is C26H45N3O3S. The number of benzene rings is 1.